The van der Waals surface area contributed by atoms with Gasteiger partial charge in [-0.05, 0) is 24.3 Å². The SMILES string of the molecule is NC(=S)c1ccc(N2CCNC(=O)C2)cc1. The molecule has 3 N–H and O–H groups in total. The predicted molar refractivity (Wildman–Crippen MR) is 67.6 cm³/mol. The maximum Gasteiger partial charge on any atom is 0.239 e. The molecule has 5 heteroatoms. The fraction of sp³-hybridized carbons (Fsp3) is 0.273. The van der Waals surface area contributed by atoms with E-state index in [4.69, 9.17) is 18.0 Å². The van der Waals surface area contributed by atoms with Gasteiger partial charge in [-0.2, -0.15) is 0 Å². The first-order valence-electron chi connectivity index (χ1n) is 5.08. The van der Waals surface area contributed by atoms with Crippen molar-refractivity contribution in [3.05, 3.63) is 29.8 Å². The third-order valence-electron chi connectivity index (χ3n) is 2.56. The molecule has 1 aliphatic rings. The number of anilines is 1. The van der Waals surface area contributed by atoms with Crippen LogP contribution in [0.15, 0.2) is 24.3 Å². The molecule has 0 bridgehead atoms. The van der Waals surface area contributed by atoms with Crippen molar-refractivity contribution < 1.29 is 4.79 Å². The van der Waals surface area contributed by atoms with Crippen LogP contribution in [0.5, 0.6) is 0 Å². The predicted octanol–water partition coefficient (Wildman–Crippen LogP) is 0.257. The van der Waals surface area contributed by atoms with Crippen LogP contribution in [0.4, 0.5) is 5.69 Å². The highest BCUT2D eigenvalue weighted by atomic mass is 32.1. The summed E-state index contributed by atoms with van der Waals surface area (Å²) in [5.41, 5.74) is 7.39. The molecule has 1 fully saturated rings. The molecule has 2 rings (SSSR count). The van der Waals surface area contributed by atoms with Gasteiger partial charge in [-0.25, -0.2) is 0 Å². The lowest BCUT2D eigenvalue weighted by atomic mass is 10.2. The first kappa shape index (κ1) is 10.9. The van der Waals surface area contributed by atoms with E-state index in [1.165, 1.54) is 0 Å². The summed E-state index contributed by atoms with van der Waals surface area (Å²) >= 11 is 4.88. The van der Waals surface area contributed by atoms with Crippen LogP contribution in [0.3, 0.4) is 0 Å². The van der Waals surface area contributed by atoms with E-state index in [1.54, 1.807) is 0 Å². The number of amides is 1. The average molecular weight is 235 g/mol. The Bertz CT molecular complexity index is 416. The molecule has 0 radical (unpaired) electrons. The lowest BCUT2D eigenvalue weighted by molar-refractivity contribution is -0.120. The highest BCUT2D eigenvalue weighted by Gasteiger charge is 2.16. The fourth-order valence-corrected chi connectivity index (χ4v) is 1.83. The number of nitrogens with zero attached hydrogens (tertiary/aromatic N) is 1. The quantitative estimate of drug-likeness (QED) is 0.722. The van der Waals surface area contributed by atoms with Gasteiger partial charge >= 0.3 is 0 Å². The van der Waals surface area contributed by atoms with Gasteiger partial charge in [0.2, 0.25) is 5.91 Å². The number of nitrogens with two attached hydrogens (primary N) is 1. The van der Waals surface area contributed by atoms with Crippen molar-refractivity contribution in [2.75, 3.05) is 24.5 Å². The molecule has 1 aromatic carbocycles. The summed E-state index contributed by atoms with van der Waals surface area (Å²) in [6.07, 6.45) is 0. The number of piperazine rings is 1. The smallest absolute Gasteiger partial charge is 0.239 e. The standard InChI is InChI=1S/C11H13N3OS/c12-11(16)8-1-3-9(4-2-8)14-6-5-13-10(15)7-14/h1-4H,5-7H2,(H2,12,16)(H,13,15). The van der Waals surface area contributed by atoms with Crippen LogP contribution in [0.1, 0.15) is 5.56 Å². The van der Waals surface area contributed by atoms with E-state index in [-0.39, 0.29) is 5.91 Å². The van der Waals surface area contributed by atoms with E-state index < -0.39 is 0 Å². The zero-order valence-corrected chi connectivity index (χ0v) is 9.59. The molecule has 0 spiro atoms. The summed E-state index contributed by atoms with van der Waals surface area (Å²) in [6.45, 7) is 1.93. The molecular weight excluding hydrogens is 222 g/mol. The average Bonchev–Trinajstić information content (AvgIpc) is 2.29. The summed E-state index contributed by atoms with van der Waals surface area (Å²) < 4.78 is 0. The molecule has 16 heavy (non-hydrogen) atoms. The van der Waals surface area contributed by atoms with Gasteiger partial charge in [0.25, 0.3) is 0 Å². The lowest BCUT2D eigenvalue weighted by Gasteiger charge is -2.28. The van der Waals surface area contributed by atoms with Gasteiger partial charge in [0, 0.05) is 24.3 Å². The first-order chi connectivity index (χ1) is 7.66. The second kappa shape index (κ2) is 4.49. The Balaban J connectivity index is 2.14. The molecule has 1 aromatic rings. The molecule has 1 amide bonds. The number of carbonyl (C=O) groups is 1. The Morgan fingerprint density at radius 3 is 2.62 bits per heavy atom. The molecule has 0 aromatic heterocycles. The fourth-order valence-electron chi connectivity index (χ4n) is 1.70. The summed E-state index contributed by atoms with van der Waals surface area (Å²) in [4.78, 5) is 13.6. The van der Waals surface area contributed by atoms with Crippen molar-refractivity contribution in [1.29, 1.82) is 0 Å². The molecule has 4 nitrogen and oxygen atoms in total. The Morgan fingerprint density at radius 1 is 1.38 bits per heavy atom. The minimum Gasteiger partial charge on any atom is -0.389 e. The van der Waals surface area contributed by atoms with Crippen LogP contribution in [0.2, 0.25) is 0 Å². The molecule has 1 heterocycles. The number of hydrogen-bond acceptors (Lipinski definition) is 3. The van der Waals surface area contributed by atoms with Gasteiger partial charge in [-0.1, -0.05) is 12.2 Å². The second-order valence-electron chi connectivity index (χ2n) is 3.68. The lowest BCUT2D eigenvalue weighted by Crippen LogP contribution is -2.47. The summed E-state index contributed by atoms with van der Waals surface area (Å²) in [5, 5.41) is 2.79. The van der Waals surface area contributed by atoms with Crippen LogP contribution >= 0.6 is 12.2 Å². The number of nitrogens with one attached hydrogen (secondary N) is 1. The highest BCUT2D eigenvalue weighted by Crippen LogP contribution is 2.15. The van der Waals surface area contributed by atoms with Gasteiger partial charge in [0.15, 0.2) is 0 Å². The summed E-state index contributed by atoms with van der Waals surface area (Å²) in [6, 6.07) is 7.63. The van der Waals surface area contributed by atoms with Crippen LogP contribution in [0, 0.1) is 0 Å². The number of benzene rings is 1. The first-order valence-corrected chi connectivity index (χ1v) is 5.49. The van der Waals surface area contributed by atoms with E-state index >= 15 is 0 Å². The normalized spacial score (nSPS) is 15.8. The van der Waals surface area contributed by atoms with E-state index in [0.717, 1.165) is 17.8 Å². The number of thiocarbonyl (C=S) groups is 1. The summed E-state index contributed by atoms with van der Waals surface area (Å²) in [5.74, 6) is 0.0599. The van der Waals surface area contributed by atoms with Gasteiger partial charge in [0.1, 0.15) is 4.99 Å². The molecule has 1 aliphatic heterocycles. The number of rotatable bonds is 2. The van der Waals surface area contributed by atoms with Crippen molar-refractivity contribution in [1.82, 2.24) is 5.32 Å². The zero-order valence-electron chi connectivity index (χ0n) is 8.77. The van der Waals surface area contributed by atoms with Crippen molar-refractivity contribution in [2.45, 2.75) is 0 Å². The van der Waals surface area contributed by atoms with Crippen molar-refractivity contribution in [2.24, 2.45) is 5.73 Å². The van der Waals surface area contributed by atoms with Crippen molar-refractivity contribution in [3.8, 4) is 0 Å². The van der Waals surface area contributed by atoms with Gasteiger partial charge in [-0.3, -0.25) is 4.79 Å². The molecule has 0 unspecified atom stereocenters. The molecule has 0 atom stereocenters. The largest absolute Gasteiger partial charge is 0.389 e. The van der Waals surface area contributed by atoms with E-state index in [0.29, 0.717) is 18.1 Å². The highest BCUT2D eigenvalue weighted by molar-refractivity contribution is 7.80. The number of carbonyl (C=O) groups excluding carboxylic acids is 1. The Labute approximate surface area is 99.4 Å². The minimum atomic E-state index is 0.0599. The van der Waals surface area contributed by atoms with Crippen LogP contribution in [0.25, 0.3) is 0 Å². The van der Waals surface area contributed by atoms with Crippen molar-refractivity contribution in [3.63, 3.8) is 0 Å². The Kier molecular flexibility index (Phi) is 3.05. The van der Waals surface area contributed by atoms with Gasteiger partial charge in [-0.15, -0.1) is 0 Å². The molecule has 0 aliphatic carbocycles. The Hall–Kier alpha value is -1.62. The van der Waals surface area contributed by atoms with Crippen LogP contribution in [-0.4, -0.2) is 30.5 Å². The van der Waals surface area contributed by atoms with Crippen molar-refractivity contribution >= 4 is 28.8 Å². The van der Waals surface area contributed by atoms with E-state index in [1.807, 2.05) is 29.2 Å². The minimum absolute atomic E-state index is 0.0599. The maximum atomic E-state index is 11.2. The molecule has 84 valence electrons. The third kappa shape index (κ3) is 2.30. The molecule has 0 saturated carbocycles. The van der Waals surface area contributed by atoms with E-state index in [9.17, 15) is 4.79 Å². The molecular formula is C11H13N3OS. The van der Waals surface area contributed by atoms with Gasteiger partial charge in [0.05, 0.1) is 6.54 Å². The van der Waals surface area contributed by atoms with Gasteiger partial charge < -0.3 is 16.0 Å². The monoisotopic (exact) mass is 235 g/mol. The second-order valence-corrected chi connectivity index (χ2v) is 4.12. The third-order valence-corrected chi connectivity index (χ3v) is 2.79. The van der Waals surface area contributed by atoms with Crippen LogP contribution in [-0.2, 0) is 4.79 Å². The Morgan fingerprint density at radius 2 is 2.06 bits per heavy atom. The summed E-state index contributed by atoms with van der Waals surface area (Å²) in [7, 11) is 0. The maximum absolute atomic E-state index is 11.2. The zero-order chi connectivity index (χ0) is 11.5. The molecule has 1 saturated heterocycles. The topological polar surface area (TPSA) is 58.4 Å². The number of hydrogen-bond donors (Lipinski definition) is 2. The van der Waals surface area contributed by atoms with Crippen LogP contribution < -0.4 is 16.0 Å². The van der Waals surface area contributed by atoms with E-state index in [2.05, 4.69) is 5.32 Å².